The number of β-amino-alcohol motifs (C(OH)–C–C–N with tert-alkyl or cyclic N) is 1. The lowest BCUT2D eigenvalue weighted by molar-refractivity contribution is 0.147. The number of aryl methyl sites for hydroxylation is 1. The summed E-state index contributed by atoms with van der Waals surface area (Å²) in [6, 6.07) is 1.87. The lowest BCUT2D eigenvalue weighted by atomic mass is 10.0. The molecule has 2 aromatic heterocycles. The summed E-state index contributed by atoms with van der Waals surface area (Å²) in [6.07, 6.45) is 7.16. The Morgan fingerprint density at radius 2 is 2.15 bits per heavy atom. The molecule has 1 N–H and O–H groups in total. The van der Waals surface area contributed by atoms with Gasteiger partial charge >= 0.3 is 0 Å². The van der Waals surface area contributed by atoms with Crippen LogP contribution in [0.1, 0.15) is 11.4 Å². The quantitative estimate of drug-likeness (QED) is 0.882. The summed E-state index contributed by atoms with van der Waals surface area (Å²) in [6.45, 7) is 3.24. The standard InChI is InChI=1S/C14H17N5O/c1-10-2-3-17-14(18-10)19-8-11(13(20)9-19)6-12-7-15-4-5-16-12/h2-5,7,11,13,20H,6,8-9H2,1H3/t11-,13-/m1/s1. The molecule has 1 aliphatic heterocycles. The highest BCUT2D eigenvalue weighted by Gasteiger charge is 2.33. The second-order valence-electron chi connectivity index (χ2n) is 5.13. The highest BCUT2D eigenvalue weighted by atomic mass is 16.3. The second kappa shape index (κ2) is 5.50. The molecule has 6 nitrogen and oxygen atoms in total. The van der Waals surface area contributed by atoms with Crippen molar-refractivity contribution < 1.29 is 5.11 Å². The van der Waals surface area contributed by atoms with Crippen molar-refractivity contribution in [1.82, 2.24) is 19.9 Å². The van der Waals surface area contributed by atoms with Gasteiger partial charge in [-0.15, -0.1) is 0 Å². The van der Waals surface area contributed by atoms with Gasteiger partial charge in [-0.3, -0.25) is 9.97 Å². The Hall–Kier alpha value is -2.08. The Labute approximate surface area is 117 Å². The fraction of sp³-hybridized carbons (Fsp3) is 0.429. The maximum absolute atomic E-state index is 10.2. The van der Waals surface area contributed by atoms with E-state index in [9.17, 15) is 5.11 Å². The van der Waals surface area contributed by atoms with Crippen molar-refractivity contribution in [3.8, 4) is 0 Å². The van der Waals surface area contributed by atoms with Crippen LogP contribution in [0.5, 0.6) is 0 Å². The molecule has 0 bridgehead atoms. The van der Waals surface area contributed by atoms with Gasteiger partial charge in [0, 0.05) is 49.5 Å². The van der Waals surface area contributed by atoms with Crippen molar-refractivity contribution >= 4 is 5.95 Å². The number of nitrogens with zero attached hydrogens (tertiary/aromatic N) is 5. The fourth-order valence-electron chi connectivity index (χ4n) is 2.51. The molecule has 3 rings (SSSR count). The van der Waals surface area contributed by atoms with E-state index in [1.54, 1.807) is 24.8 Å². The molecule has 1 aliphatic rings. The molecule has 3 heterocycles. The molecule has 0 unspecified atom stereocenters. The number of aromatic nitrogens is 4. The van der Waals surface area contributed by atoms with Crippen LogP contribution in [0.3, 0.4) is 0 Å². The van der Waals surface area contributed by atoms with E-state index in [1.807, 2.05) is 17.9 Å². The average molecular weight is 271 g/mol. The molecule has 1 saturated heterocycles. The van der Waals surface area contributed by atoms with Crippen LogP contribution in [-0.2, 0) is 6.42 Å². The van der Waals surface area contributed by atoms with Crippen LogP contribution in [0.4, 0.5) is 5.95 Å². The molecule has 0 aliphatic carbocycles. The van der Waals surface area contributed by atoms with E-state index in [2.05, 4.69) is 19.9 Å². The van der Waals surface area contributed by atoms with Crippen LogP contribution in [0.15, 0.2) is 30.9 Å². The highest BCUT2D eigenvalue weighted by Crippen LogP contribution is 2.23. The number of rotatable bonds is 3. The van der Waals surface area contributed by atoms with Crippen molar-refractivity contribution in [3.63, 3.8) is 0 Å². The lowest BCUT2D eigenvalue weighted by Gasteiger charge is -2.15. The average Bonchev–Trinajstić information content (AvgIpc) is 2.81. The van der Waals surface area contributed by atoms with Crippen LogP contribution < -0.4 is 4.90 Å². The van der Waals surface area contributed by atoms with Gasteiger partial charge < -0.3 is 10.0 Å². The highest BCUT2D eigenvalue weighted by molar-refractivity contribution is 5.33. The summed E-state index contributed by atoms with van der Waals surface area (Å²) in [4.78, 5) is 19.0. The molecular formula is C14H17N5O. The largest absolute Gasteiger partial charge is 0.391 e. The fourth-order valence-corrected chi connectivity index (χ4v) is 2.51. The Balaban J connectivity index is 1.71. The Kier molecular flexibility index (Phi) is 3.56. The molecule has 2 aromatic rings. The van der Waals surface area contributed by atoms with E-state index < -0.39 is 0 Å². The van der Waals surface area contributed by atoms with Gasteiger partial charge in [-0.25, -0.2) is 9.97 Å². The van der Waals surface area contributed by atoms with E-state index in [0.717, 1.165) is 24.4 Å². The first kappa shape index (κ1) is 12.9. The van der Waals surface area contributed by atoms with Crippen LogP contribution in [0.25, 0.3) is 0 Å². The van der Waals surface area contributed by atoms with Gasteiger partial charge in [0.25, 0.3) is 0 Å². The third-order valence-corrected chi connectivity index (χ3v) is 3.56. The predicted molar refractivity (Wildman–Crippen MR) is 74.2 cm³/mol. The molecule has 104 valence electrons. The van der Waals surface area contributed by atoms with E-state index in [4.69, 9.17) is 0 Å². The lowest BCUT2D eigenvalue weighted by Crippen LogP contribution is -2.23. The van der Waals surface area contributed by atoms with Gasteiger partial charge in [-0.05, 0) is 19.4 Å². The van der Waals surface area contributed by atoms with Crippen molar-refractivity contribution in [1.29, 1.82) is 0 Å². The summed E-state index contributed by atoms with van der Waals surface area (Å²) >= 11 is 0. The molecule has 0 saturated carbocycles. The minimum Gasteiger partial charge on any atom is -0.391 e. The first-order valence-electron chi connectivity index (χ1n) is 6.70. The van der Waals surface area contributed by atoms with E-state index >= 15 is 0 Å². The van der Waals surface area contributed by atoms with Crippen LogP contribution >= 0.6 is 0 Å². The number of aliphatic hydroxyl groups is 1. The minimum atomic E-state index is -0.388. The summed E-state index contributed by atoms with van der Waals surface area (Å²) in [5.74, 6) is 0.821. The summed E-state index contributed by atoms with van der Waals surface area (Å²) < 4.78 is 0. The summed E-state index contributed by atoms with van der Waals surface area (Å²) in [5, 5.41) is 10.2. The topological polar surface area (TPSA) is 75.0 Å². The Morgan fingerprint density at radius 1 is 1.25 bits per heavy atom. The minimum absolute atomic E-state index is 0.135. The summed E-state index contributed by atoms with van der Waals surface area (Å²) in [5.41, 5.74) is 1.84. The van der Waals surface area contributed by atoms with Gasteiger partial charge in [0.1, 0.15) is 0 Å². The zero-order valence-corrected chi connectivity index (χ0v) is 11.3. The smallest absolute Gasteiger partial charge is 0.225 e. The van der Waals surface area contributed by atoms with E-state index in [1.165, 1.54) is 0 Å². The van der Waals surface area contributed by atoms with Gasteiger partial charge in [0.05, 0.1) is 11.8 Å². The Morgan fingerprint density at radius 3 is 2.90 bits per heavy atom. The van der Waals surface area contributed by atoms with Crippen LogP contribution in [0.2, 0.25) is 0 Å². The molecule has 1 fully saturated rings. The van der Waals surface area contributed by atoms with Crippen LogP contribution in [-0.4, -0.2) is 44.2 Å². The molecule has 0 radical (unpaired) electrons. The normalized spacial score (nSPS) is 22.2. The molecule has 0 spiro atoms. The zero-order chi connectivity index (χ0) is 13.9. The maximum atomic E-state index is 10.2. The van der Waals surface area contributed by atoms with Crippen molar-refractivity contribution in [2.45, 2.75) is 19.4 Å². The number of hydrogen-bond donors (Lipinski definition) is 1. The van der Waals surface area contributed by atoms with Crippen molar-refractivity contribution in [2.24, 2.45) is 5.92 Å². The number of hydrogen-bond acceptors (Lipinski definition) is 6. The number of anilines is 1. The van der Waals surface area contributed by atoms with Crippen molar-refractivity contribution in [3.05, 3.63) is 42.2 Å². The molecular weight excluding hydrogens is 254 g/mol. The summed E-state index contributed by atoms with van der Waals surface area (Å²) in [7, 11) is 0. The number of aliphatic hydroxyl groups excluding tert-OH is 1. The predicted octanol–water partition coefficient (Wildman–Crippen LogP) is 0.615. The molecule has 0 aromatic carbocycles. The molecule has 2 atom stereocenters. The van der Waals surface area contributed by atoms with Gasteiger partial charge in [-0.1, -0.05) is 0 Å². The van der Waals surface area contributed by atoms with Gasteiger partial charge in [-0.2, -0.15) is 0 Å². The SMILES string of the molecule is Cc1ccnc(N2C[C@@H](Cc3cnccn3)[C@H](O)C2)n1. The zero-order valence-electron chi connectivity index (χ0n) is 11.3. The first-order valence-corrected chi connectivity index (χ1v) is 6.70. The maximum Gasteiger partial charge on any atom is 0.225 e. The first-order chi connectivity index (χ1) is 9.72. The monoisotopic (exact) mass is 271 g/mol. The van der Waals surface area contributed by atoms with Gasteiger partial charge in [0.2, 0.25) is 5.95 Å². The molecule has 0 amide bonds. The third kappa shape index (κ3) is 2.75. The molecule has 6 heteroatoms. The van der Waals surface area contributed by atoms with Gasteiger partial charge in [0.15, 0.2) is 0 Å². The van der Waals surface area contributed by atoms with Crippen molar-refractivity contribution in [2.75, 3.05) is 18.0 Å². The second-order valence-corrected chi connectivity index (χ2v) is 5.13. The third-order valence-electron chi connectivity index (χ3n) is 3.56. The molecule has 20 heavy (non-hydrogen) atoms. The van der Waals surface area contributed by atoms with E-state index in [0.29, 0.717) is 12.5 Å². The van der Waals surface area contributed by atoms with Crippen LogP contribution in [0, 0.1) is 12.8 Å². The van der Waals surface area contributed by atoms with E-state index in [-0.39, 0.29) is 12.0 Å². The Bertz CT molecular complexity index is 577.